The smallest absolute Gasteiger partial charge is 0.254 e. The molecule has 6 heteroatoms. The highest BCUT2D eigenvalue weighted by molar-refractivity contribution is 5.94. The van der Waals surface area contributed by atoms with Gasteiger partial charge in [0.15, 0.2) is 0 Å². The minimum atomic E-state index is -0.569. The van der Waals surface area contributed by atoms with Crippen LogP contribution in [-0.4, -0.2) is 33.3 Å². The molecule has 0 saturated heterocycles. The molecule has 0 fully saturated rings. The summed E-state index contributed by atoms with van der Waals surface area (Å²) in [5.41, 5.74) is -0.0115. The Labute approximate surface area is 107 Å². The predicted octanol–water partition coefficient (Wildman–Crippen LogP) is -0.326. The van der Waals surface area contributed by atoms with Crippen molar-refractivity contribution in [3.05, 3.63) is 48.3 Å². The molecule has 0 radical (unpaired) electrons. The van der Waals surface area contributed by atoms with Crippen molar-refractivity contribution in [2.75, 3.05) is 13.1 Å². The van der Waals surface area contributed by atoms with E-state index in [1.54, 1.807) is 6.07 Å². The van der Waals surface area contributed by atoms with Crippen LogP contribution in [0.25, 0.3) is 0 Å². The predicted molar refractivity (Wildman–Crippen MR) is 71.9 cm³/mol. The molecule has 4 nitrogen and oxygen atoms in total. The molecule has 96 valence electrons. The molecule has 0 atom stereocenters. The molecule has 2 N–H and O–H groups in total. The molecule has 0 saturated carbocycles. The summed E-state index contributed by atoms with van der Waals surface area (Å²) in [5.74, 6) is -1.39. The summed E-state index contributed by atoms with van der Waals surface area (Å²) in [7, 11) is 0. The summed E-state index contributed by atoms with van der Waals surface area (Å²) in [6.45, 7) is 3.78. The van der Waals surface area contributed by atoms with E-state index in [1.807, 2.05) is 0 Å². The van der Waals surface area contributed by atoms with Crippen LogP contribution in [0.4, 0.5) is 4.39 Å². The Bertz CT molecular complexity index is 438. The Morgan fingerprint density at radius 3 is 2.44 bits per heavy atom. The fourth-order valence-corrected chi connectivity index (χ4v) is 1.17. The summed E-state index contributed by atoms with van der Waals surface area (Å²) in [6, 6.07) is 5.70. The second-order valence-corrected chi connectivity index (χ2v) is 3.23. The van der Waals surface area contributed by atoms with Crippen molar-refractivity contribution in [3.63, 3.8) is 0 Å². The highest BCUT2D eigenvalue weighted by atomic mass is 19.1. The molecule has 0 aromatic heterocycles. The molecule has 0 bridgehead atoms. The number of carbonyl (C=O) groups excluding carboxylic acids is 2. The molecule has 1 aromatic carbocycles. The lowest BCUT2D eigenvalue weighted by Gasteiger charge is -2.06. The number of carbonyl (C=O) groups is 2. The van der Waals surface area contributed by atoms with Crippen molar-refractivity contribution < 1.29 is 14.0 Å². The first-order chi connectivity index (χ1) is 8.15. The zero-order valence-electron chi connectivity index (χ0n) is 9.20. The third-order valence-corrected chi connectivity index (χ3v) is 2.01. The fraction of sp³-hybridized carbons (Fsp3) is 0.167. The van der Waals surface area contributed by atoms with Crippen LogP contribution >= 0.6 is 0 Å². The van der Waals surface area contributed by atoms with Gasteiger partial charge in [0.1, 0.15) is 5.82 Å². The van der Waals surface area contributed by atoms with Gasteiger partial charge < -0.3 is 10.6 Å². The van der Waals surface area contributed by atoms with Gasteiger partial charge in [0.2, 0.25) is 5.91 Å². The van der Waals surface area contributed by atoms with E-state index in [-0.39, 0.29) is 33.0 Å². The maximum Gasteiger partial charge on any atom is 0.254 e. The van der Waals surface area contributed by atoms with Crippen molar-refractivity contribution in [1.82, 2.24) is 10.6 Å². The Balaban J connectivity index is 0.00000289. The van der Waals surface area contributed by atoms with Crippen LogP contribution in [0.3, 0.4) is 0 Å². The molecule has 18 heavy (non-hydrogen) atoms. The van der Waals surface area contributed by atoms with Crippen molar-refractivity contribution in [1.29, 1.82) is 0 Å². The highest BCUT2D eigenvalue weighted by Gasteiger charge is 2.09. The van der Waals surface area contributed by atoms with E-state index in [1.165, 1.54) is 18.2 Å². The number of benzene rings is 1. The number of hydrogen-bond acceptors (Lipinski definition) is 2. The summed E-state index contributed by atoms with van der Waals surface area (Å²) in [4.78, 5) is 22.3. The SMILES string of the molecule is B.C=CC(=O)NCCNC(=O)c1ccccc1F. The fourth-order valence-electron chi connectivity index (χ4n) is 1.17. The summed E-state index contributed by atoms with van der Waals surface area (Å²) >= 11 is 0. The number of nitrogens with one attached hydrogen (secondary N) is 2. The van der Waals surface area contributed by atoms with Crippen LogP contribution in [0.1, 0.15) is 10.4 Å². The molecule has 0 spiro atoms. The van der Waals surface area contributed by atoms with Gasteiger partial charge in [-0.2, -0.15) is 0 Å². The van der Waals surface area contributed by atoms with E-state index in [9.17, 15) is 14.0 Å². The van der Waals surface area contributed by atoms with Gasteiger partial charge in [-0.3, -0.25) is 9.59 Å². The van der Waals surface area contributed by atoms with Crippen molar-refractivity contribution in [2.45, 2.75) is 0 Å². The third-order valence-electron chi connectivity index (χ3n) is 2.01. The van der Waals surface area contributed by atoms with E-state index < -0.39 is 11.7 Å². The minimum Gasteiger partial charge on any atom is -0.351 e. The third kappa shape index (κ3) is 4.82. The summed E-state index contributed by atoms with van der Waals surface area (Å²) in [5, 5.41) is 4.98. The quantitative estimate of drug-likeness (QED) is 0.427. The summed E-state index contributed by atoms with van der Waals surface area (Å²) in [6.07, 6.45) is 1.14. The summed E-state index contributed by atoms with van der Waals surface area (Å²) < 4.78 is 13.2. The Kier molecular flexibility index (Phi) is 7.11. The second-order valence-electron chi connectivity index (χ2n) is 3.23. The lowest BCUT2D eigenvalue weighted by atomic mass is 10.2. The van der Waals surface area contributed by atoms with E-state index in [0.717, 1.165) is 6.08 Å². The van der Waals surface area contributed by atoms with E-state index in [4.69, 9.17) is 0 Å². The normalized spacial score (nSPS) is 8.94. The maximum absolute atomic E-state index is 13.2. The minimum absolute atomic E-state index is 0. The zero-order valence-corrected chi connectivity index (χ0v) is 9.20. The molecule has 0 aliphatic carbocycles. The topological polar surface area (TPSA) is 58.2 Å². The van der Waals surface area contributed by atoms with Gasteiger partial charge in [0.25, 0.3) is 5.91 Å². The number of amides is 2. The van der Waals surface area contributed by atoms with E-state index >= 15 is 0 Å². The Hall–Kier alpha value is -2.11. The Morgan fingerprint density at radius 1 is 1.22 bits per heavy atom. The first-order valence-electron chi connectivity index (χ1n) is 5.08. The molecular formula is C12H16BFN2O2. The van der Waals surface area contributed by atoms with Crippen LogP contribution in [0.15, 0.2) is 36.9 Å². The molecular weight excluding hydrogens is 234 g/mol. The highest BCUT2D eigenvalue weighted by Crippen LogP contribution is 2.05. The second kappa shape index (κ2) is 8.05. The molecule has 1 aromatic rings. The zero-order chi connectivity index (χ0) is 12.7. The monoisotopic (exact) mass is 250 g/mol. The Morgan fingerprint density at radius 2 is 1.83 bits per heavy atom. The number of halogens is 1. The van der Waals surface area contributed by atoms with Crippen LogP contribution < -0.4 is 10.6 Å². The largest absolute Gasteiger partial charge is 0.351 e. The first kappa shape index (κ1) is 15.9. The van der Waals surface area contributed by atoms with Gasteiger partial charge in [-0.15, -0.1) is 0 Å². The molecule has 0 aliphatic heterocycles. The van der Waals surface area contributed by atoms with Crippen molar-refractivity contribution >= 4 is 20.2 Å². The van der Waals surface area contributed by atoms with E-state index in [2.05, 4.69) is 17.2 Å². The molecule has 2 amide bonds. The van der Waals surface area contributed by atoms with Crippen LogP contribution in [-0.2, 0) is 4.79 Å². The lowest BCUT2D eigenvalue weighted by Crippen LogP contribution is -2.34. The molecule has 0 heterocycles. The van der Waals surface area contributed by atoms with Gasteiger partial charge in [0, 0.05) is 13.1 Å². The van der Waals surface area contributed by atoms with Gasteiger partial charge in [-0.25, -0.2) is 4.39 Å². The number of rotatable bonds is 5. The average Bonchev–Trinajstić information content (AvgIpc) is 2.34. The number of hydrogen-bond donors (Lipinski definition) is 2. The van der Waals surface area contributed by atoms with Gasteiger partial charge in [-0.05, 0) is 18.2 Å². The van der Waals surface area contributed by atoms with Crippen LogP contribution in [0, 0.1) is 5.82 Å². The molecule has 1 rings (SSSR count). The van der Waals surface area contributed by atoms with E-state index in [0.29, 0.717) is 0 Å². The lowest BCUT2D eigenvalue weighted by molar-refractivity contribution is -0.116. The van der Waals surface area contributed by atoms with Crippen molar-refractivity contribution in [2.24, 2.45) is 0 Å². The van der Waals surface area contributed by atoms with Gasteiger partial charge in [-0.1, -0.05) is 18.7 Å². The van der Waals surface area contributed by atoms with Crippen molar-refractivity contribution in [3.8, 4) is 0 Å². The standard InChI is InChI=1S/C12H13FN2O2.BH3/c1-2-11(16)14-7-8-15-12(17)9-5-3-4-6-10(9)13;/h2-6H,1,7-8H2,(H,14,16)(H,15,17);1H3. The average molecular weight is 250 g/mol. The molecule has 0 unspecified atom stereocenters. The molecule has 0 aliphatic rings. The van der Waals surface area contributed by atoms with Gasteiger partial charge >= 0.3 is 0 Å². The van der Waals surface area contributed by atoms with Crippen LogP contribution in [0.2, 0.25) is 0 Å². The first-order valence-corrected chi connectivity index (χ1v) is 5.08. The van der Waals surface area contributed by atoms with Crippen LogP contribution in [0.5, 0.6) is 0 Å². The van der Waals surface area contributed by atoms with Gasteiger partial charge in [0.05, 0.1) is 14.0 Å². The maximum atomic E-state index is 13.2.